The molecule has 0 aliphatic rings. The van der Waals surface area contributed by atoms with Gasteiger partial charge in [-0.2, -0.15) is 0 Å². The maximum absolute atomic E-state index is 12.9. The van der Waals surface area contributed by atoms with Gasteiger partial charge in [-0.3, -0.25) is 9.36 Å². The molecule has 6 heteroatoms. The molecule has 29 heavy (non-hydrogen) atoms. The Kier molecular flexibility index (Phi) is 4.02. The van der Waals surface area contributed by atoms with Gasteiger partial charge in [0, 0.05) is 11.1 Å². The van der Waals surface area contributed by atoms with E-state index in [-0.39, 0.29) is 5.56 Å². The molecule has 0 fully saturated rings. The van der Waals surface area contributed by atoms with Crippen molar-refractivity contribution in [3.8, 4) is 28.6 Å². The van der Waals surface area contributed by atoms with Crippen LogP contribution >= 0.6 is 0 Å². The molecule has 0 atom stereocenters. The molecule has 3 aromatic carbocycles. The molecule has 0 saturated carbocycles. The number of para-hydroxylation sites is 1. The predicted octanol–water partition coefficient (Wildman–Crippen LogP) is 4.41. The fraction of sp³-hybridized carbons (Fsp3) is 0.0435. The number of hydrogen-bond donors (Lipinski definition) is 0. The van der Waals surface area contributed by atoms with Crippen molar-refractivity contribution in [2.45, 2.75) is 6.92 Å². The fourth-order valence-corrected chi connectivity index (χ4v) is 3.34. The number of aromatic nitrogens is 4. The SMILES string of the molecule is Cc1nc2ccccc2c(=O)n1-c1ccc(-c2nnc(-c3ccccc3)o2)cc1. The first-order chi connectivity index (χ1) is 14.2. The van der Waals surface area contributed by atoms with E-state index in [4.69, 9.17) is 4.42 Å². The second-order valence-corrected chi connectivity index (χ2v) is 6.64. The molecule has 2 aromatic heterocycles. The number of nitrogens with zero attached hydrogens (tertiary/aromatic N) is 4. The van der Waals surface area contributed by atoms with Gasteiger partial charge in [-0.1, -0.05) is 30.3 Å². The van der Waals surface area contributed by atoms with E-state index < -0.39 is 0 Å². The molecular formula is C23H16N4O2. The summed E-state index contributed by atoms with van der Waals surface area (Å²) in [4.78, 5) is 17.5. The quantitative estimate of drug-likeness (QED) is 0.463. The zero-order chi connectivity index (χ0) is 19.8. The molecule has 0 bridgehead atoms. The summed E-state index contributed by atoms with van der Waals surface area (Å²) in [7, 11) is 0. The molecule has 2 heterocycles. The summed E-state index contributed by atoms with van der Waals surface area (Å²) in [6, 6.07) is 24.4. The van der Waals surface area contributed by atoms with E-state index in [1.165, 1.54) is 0 Å². The maximum atomic E-state index is 12.9. The summed E-state index contributed by atoms with van der Waals surface area (Å²) in [5, 5.41) is 8.86. The number of benzene rings is 3. The Bertz CT molecular complexity index is 1370. The van der Waals surface area contributed by atoms with E-state index in [1.807, 2.05) is 79.7 Å². The molecule has 0 amide bonds. The van der Waals surface area contributed by atoms with Crippen LogP contribution in [0.3, 0.4) is 0 Å². The number of rotatable bonds is 3. The Hall–Kier alpha value is -4.06. The van der Waals surface area contributed by atoms with Gasteiger partial charge in [-0.15, -0.1) is 10.2 Å². The van der Waals surface area contributed by atoms with Crippen molar-refractivity contribution in [2.24, 2.45) is 0 Å². The molecule has 0 unspecified atom stereocenters. The van der Waals surface area contributed by atoms with Gasteiger partial charge in [0.2, 0.25) is 11.8 Å². The van der Waals surface area contributed by atoms with Crippen LogP contribution in [0.2, 0.25) is 0 Å². The monoisotopic (exact) mass is 380 g/mol. The highest BCUT2D eigenvalue weighted by Gasteiger charge is 2.12. The molecular weight excluding hydrogens is 364 g/mol. The molecule has 5 rings (SSSR count). The van der Waals surface area contributed by atoms with Gasteiger partial charge in [0.15, 0.2) is 0 Å². The van der Waals surface area contributed by atoms with E-state index in [0.29, 0.717) is 28.5 Å². The maximum Gasteiger partial charge on any atom is 0.265 e. The van der Waals surface area contributed by atoms with Gasteiger partial charge in [0.1, 0.15) is 5.82 Å². The highest BCUT2D eigenvalue weighted by molar-refractivity contribution is 5.77. The van der Waals surface area contributed by atoms with Crippen LogP contribution in [0.25, 0.3) is 39.5 Å². The third-order valence-electron chi connectivity index (χ3n) is 4.76. The van der Waals surface area contributed by atoms with Crippen molar-refractivity contribution in [3.63, 3.8) is 0 Å². The van der Waals surface area contributed by atoms with E-state index in [0.717, 1.165) is 16.8 Å². The Morgan fingerprint density at radius 2 is 1.38 bits per heavy atom. The summed E-state index contributed by atoms with van der Waals surface area (Å²) >= 11 is 0. The first-order valence-electron chi connectivity index (χ1n) is 9.19. The van der Waals surface area contributed by atoms with Crippen molar-refractivity contribution in [1.82, 2.24) is 19.7 Å². The van der Waals surface area contributed by atoms with Crippen LogP contribution in [0.4, 0.5) is 0 Å². The van der Waals surface area contributed by atoms with Gasteiger partial charge >= 0.3 is 0 Å². The highest BCUT2D eigenvalue weighted by atomic mass is 16.4. The van der Waals surface area contributed by atoms with Crippen LogP contribution in [0.5, 0.6) is 0 Å². The average molecular weight is 380 g/mol. The van der Waals surface area contributed by atoms with Crippen LogP contribution in [0, 0.1) is 6.92 Å². The van der Waals surface area contributed by atoms with Crippen molar-refractivity contribution >= 4 is 10.9 Å². The average Bonchev–Trinajstić information content (AvgIpc) is 3.25. The number of fused-ring (bicyclic) bond motifs is 1. The Morgan fingerprint density at radius 3 is 2.10 bits per heavy atom. The lowest BCUT2D eigenvalue weighted by molar-refractivity contribution is 0.584. The number of aryl methyl sites for hydroxylation is 1. The lowest BCUT2D eigenvalue weighted by Gasteiger charge is -2.11. The van der Waals surface area contributed by atoms with Crippen molar-refractivity contribution in [3.05, 3.63) is 95.0 Å². The van der Waals surface area contributed by atoms with Gasteiger partial charge < -0.3 is 4.42 Å². The third kappa shape index (κ3) is 3.00. The largest absolute Gasteiger partial charge is 0.416 e. The van der Waals surface area contributed by atoms with Crippen LogP contribution < -0.4 is 5.56 Å². The zero-order valence-electron chi connectivity index (χ0n) is 15.6. The van der Waals surface area contributed by atoms with Gasteiger partial charge in [0.25, 0.3) is 5.56 Å². The molecule has 0 N–H and O–H groups in total. The standard InChI is InChI=1S/C23H16N4O2/c1-15-24-20-10-6-5-9-19(20)23(28)27(15)18-13-11-17(12-14-18)22-26-25-21(29-22)16-7-3-2-4-8-16/h2-14H,1H3. The Balaban J connectivity index is 1.53. The van der Waals surface area contributed by atoms with Crippen LogP contribution in [0.1, 0.15) is 5.82 Å². The van der Waals surface area contributed by atoms with Gasteiger partial charge in [-0.05, 0) is 55.5 Å². The minimum absolute atomic E-state index is 0.0926. The van der Waals surface area contributed by atoms with Crippen molar-refractivity contribution in [1.29, 1.82) is 0 Å². The lowest BCUT2D eigenvalue weighted by atomic mass is 10.2. The second-order valence-electron chi connectivity index (χ2n) is 6.64. The predicted molar refractivity (Wildman–Crippen MR) is 111 cm³/mol. The molecule has 0 aliphatic heterocycles. The van der Waals surface area contributed by atoms with Crippen LogP contribution in [-0.2, 0) is 0 Å². The summed E-state index contributed by atoms with van der Waals surface area (Å²) in [6.07, 6.45) is 0. The van der Waals surface area contributed by atoms with E-state index in [9.17, 15) is 4.79 Å². The molecule has 0 spiro atoms. The minimum atomic E-state index is -0.0926. The van der Waals surface area contributed by atoms with Gasteiger partial charge in [0.05, 0.1) is 16.6 Å². The van der Waals surface area contributed by atoms with E-state index in [1.54, 1.807) is 10.6 Å². The lowest BCUT2D eigenvalue weighted by Crippen LogP contribution is -2.22. The van der Waals surface area contributed by atoms with E-state index >= 15 is 0 Å². The van der Waals surface area contributed by atoms with Crippen molar-refractivity contribution in [2.75, 3.05) is 0 Å². The first-order valence-corrected chi connectivity index (χ1v) is 9.19. The van der Waals surface area contributed by atoms with Crippen LogP contribution in [0.15, 0.2) is 88.1 Å². The Morgan fingerprint density at radius 1 is 0.759 bits per heavy atom. The normalized spacial score (nSPS) is 11.1. The van der Waals surface area contributed by atoms with Crippen LogP contribution in [-0.4, -0.2) is 19.7 Å². The fourth-order valence-electron chi connectivity index (χ4n) is 3.34. The third-order valence-corrected chi connectivity index (χ3v) is 4.76. The minimum Gasteiger partial charge on any atom is -0.416 e. The summed E-state index contributed by atoms with van der Waals surface area (Å²) in [5.41, 5.74) is 2.99. The zero-order valence-corrected chi connectivity index (χ0v) is 15.6. The summed E-state index contributed by atoms with van der Waals surface area (Å²) in [5.74, 6) is 1.53. The molecule has 140 valence electrons. The molecule has 0 radical (unpaired) electrons. The Labute approximate surface area is 166 Å². The summed E-state index contributed by atoms with van der Waals surface area (Å²) < 4.78 is 7.41. The molecule has 0 saturated heterocycles. The topological polar surface area (TPSA) is 73.8 Å². The van der Waals surface area contributed by atoms with Crippen molar-refractivity contribution < 1.29 is 4.42 Å². The smallest absolute Gasteiger partial charge is 0.265 e. The van der Waals surface area contributed by atoms with Gasteiger partial charge in [-0.25, -0.2) is 4.98 Å². The highest BCUT2D eigenvalue weighted by Crippen LogP contribution is 2.24. The second kappa shape index (κ2) is 6.83. The van der Waals surface area contributed by atoms with E-state index in [2.05, 4.69) is 15.2 Å². The summed E-state index contributed by atoms with van der Waals surface area (Å²) in [6.45, 7) is 1.83. The molecule has 6 nitrogen and oxygen atoms in total. The molecule has 5 aromatic rings. The first kappa shape index (κ1) is 17.1. The molecule has 0 aliphatic carbocycles. The number of hydrogen-bond acceptors (Lipinski definition) is 5.